The molecule has 0 aliphatic rings. The molecule has 8 nitrogen and oxygen atoms in total. The van der Waals surface area contributed by atoms with Crippen LogP contribution in [-0.4, -0.2) is 40.0 Å². The van der Waals surface area contributed by atoms with Crippen LogP contribution >= 0.6 is 34.9 Å². The van der Waals surface area contributed by atoms with Crippen LogP contribution in [0.4, 0.5) is 0 Å². The molecule has 0 atom stereocenters. The highest BCUT2D eigenvalue weighted by Crippen LogP contribution is 2.32. The van der Waals surface area contributed by atoms with Crippen LogP contribution in [0.1, 0.15) is 18.6 Å². The van der Waals surface area contributed by atoms with E-state index in [1.807, 2.05) is 48.5 Å². The number of aromatic nitrogens is 8. The van der Waals surface area contributed by atoms with E-state index in [4.69, 9.17) is 4.98 Å². The second-order valence-corrected chi connectivity index (χ2v) is 9.71. The van der Waals surface area contributed by atoms with Crippen LogP contribution in [0, 0.1) is 0 Å². The third kappa shape index (κ3) is 4.34. The Hall–Kier alpha value is -2.76. The number of para-hydroxylation sites is 2. The highest BCUT2D eigenvalue weighted by molar-refractivity contribution is 8.00. The number of nitrogens with zero attached hydrogens (tertiary/aromatic N) is 8. The van der Waals surface area contributed by atoms with Gasteiger partial charge < -0.3 is 4.57 Å². The van der Waals surface area contributed by atoms with Crippen molar-refractivity contribution in [2.45, 2.75) is 34.5 Å². The predicted octanol–water partition coefficient (Wildman–Crippen LogP) is 4.47. The molecule has 0 saturated heterocycles. The highest BCUT2D eigenvalue weighted by Gasteiger charge is 2.15. The third-order valence-electron chi connectivity index (χ3n) is 4.57. The number of fused-ring (bicyclic) bond motifs is 1. The van der Waals surface area contributed by atoms with Gasteiger partial charge in [0.15, 0.2) is 15.3 Å². The molecular weight excluding hydrogens is 448 g/mol. The van der Waals surface area contributed by atoms with Crippen molar-refractivity contribution in [2.24, 2.45) is 0 Å². The van der Waals surface area contributed by atoms with E-state index in [0.29, 0.717) is 5.75 Å². The average Bonchev–Trinajstić information content (AvgIpc) is 3.54. The van der Waals surface area contributed by atoms with Crippen LogP contribution in [0.2, 0.25) is 0 Å². The Labute approximate surface area is 191 Å². The molecule has 3 aromatic heterocycles. The monoisotopic (exact) mass is 466 g/mol. The number of rotatable bonds is 8. The number of tetrazole rings is 1. The minimum atomic E-state index is 0.602. The van der Waals surface area contributed by atoms with Gasteiger partial charge in [0.1, 0.15) is 5.82 Å². The van der Waals surface area contributed by atoms with E-state index in [2.05, 4.69) is 43.3 Å². The summed E-state index contributed by atoms with van der Waals surface area (Å²) in [6.45, 7) is 2.90. The van der Waals surface area contributed by atoms with Gasteiger partial charge >= 0.3 is 0 Å². The summed E-state index contributed by atoms with van der Waals surface area (Å²) < 4.78 is 6.14. The van der Waals surface area contributed by atoms with Gasteiger partial charge in [0, 0.05) is 6.54 Å². The highest BCUT2D eigenvalue weighted by atomic mass is 32.2. The van der Waals surface area contributed by atoms with Crippen LogP contribution in [0.15, 0.2) is 64.1 Å². The van der Waals surface area contributed by atoms with Gasteiger partial charge in [0.25, 0.3) is 0 Å². The van der Waals surface area contributed by atoms with Crippen molar-refractivity contribution in [1.82, 2.24) is 40.0 Å². The molecule has 5 aromatic rings. The summed E-state index contributed by atoms with van der Waals surface area (Å²) in [4.78, 5) is 4.69. The van der Waals surface area contributed by atoms with E-state index >= 15 is 0 Å². The fourth-order valence-corrected chi connectivity index (χ4v) is 6.02. The zero-order valence-corrected chi connectivity index (χ0v) is 19.1. The zero-order chi connectivity index (χ0) is 21.0. The Bertz CT molecular complexity index is 1260. The van der Waals surface area contributed by atoms with Crippen LogP contribution in [0.25, 0.3) is 15.9 Å². The van der Waals surface area contributed by atoms with Gasteiger partial charge in [-0.3, -0.25) is 0 Å². The number of thioether (sulfide) groups is 2. The van der Waals surface area contributed by atoms with Gasteiger partial charge in [-0.05, 0) is 41.6 Å². The molecule has 156 valence electrons. The quantitative estimate of drug-likeness (QED) is 0.310. The Morgan fingerprint density at radius 2 is 1.68 bits per heavy atom. The molecule has 0 N–H and O–H groups in total. The number of hydrogen-bond acceptors (Lipinski definition) is 9. The summed E-state index contributed by atoms with van der Waals surface area (Å²) in [6, 6.07) is 18.1. The SMILES string of the molecule is CCn1c(CSc2nc3ccccc3s2)nnc1SCc1nnnn1-c1ccccc1. The van der Waals surface area contributed by atoms with Crippen LogP contribution in [0.5, 0.6) is 0 Å². The molecule has 0 amide bonds. The lowest BCUT2D eigenvalue weighted by atomic mass is 10.3. The largest absolute Gasteiger partial charge is 0.306 e. The first-order chi connectivity index (χ1) is 15.3. The zero-order valence-electron chi connectivity index (χ0n) is 16.6. The molecule has 5 rings (SSSR count). The Morgan fingerprint density at radius 1 is 0.871 bits per heavy atom. The predicted molar refractivity (Wildman–Crippen MR) is 124 cm³/mol. The molecule has 2 aromatic carbocycles. The molecular formula is C20H18N8S3. The number of thiazole rings is 1. The second-order valence-electron chi connectivity index (χ2n) is 6.51. The smallest absolute Gasteiger partial charge is 0.191 e. The normalized spacial score (nSPS) is 11.4. The van der Waals surface area contributed by atoms with Gasteiger partial charge in [-0.1, -0.05) is 53.9 Å². The fourth-order valence-electron chi connectivity index (χ4n) is 3.08. The van der Waals surface area contributed by atoms with E-state index < -0.39 is 0 Å². The van der Waals surface area contributed by atoms with Gasteiger partial charge in [0.05, 0.1) is 27.4 Å². The first kappa shape index (κ1) is 20.2. The lowest BCUT2D eigenvalue weighted by Gasteiger charge is -2.07. The third-order valence-corrected chi connectivity index (χ3v) is 7.71. The van der Waals surface area contributed by atoms with E-state index in [-0.39, 0.29) is 0 Å². The standard InChI is InChI=1S/C20H18N8S3/c1-2-27-17(12-30-20-21-15-10-6-7-11-16(15)31-20)22-24-19(27)29-13-18-23-25-26-28(18)14-8-4-3-5-9-14/h3-11H,2,12-13H2,1H3. The van der Waals surface area contributed by atoms with Gasteiger partial charge in [0.2, 0.25) is 0 Å². The van der Waals surface area contributed by atoms with Crippen molar-refractivity contribution in [3.8, 4) is 5.69 Å². The Kier molecular flexibility index (Phi) is 5.96. The van der Waals surface area contributed by atoms with Crippen LogP contribution in [0.3, 0.4) is 0 Å². The van der Waals surface area contributed by atoms with Crippen molar-refractivity contribution >= 4 is 45.1 Å². The summed E-state index contributed by atoms with van der Waals surface area (Å²) in [5.41, 5.74) is 1.98. The maximum atomic E-state index is 4.69. The van der Waals surface area contributed by atoms with Gasteiger partial charge in [-0.2, -0.15) is 4.68 Å². The molecule has 0 aliphatic carbocycles. The topological polar surface area (TPSA) is 87.2 Å². The first-order valence-corrected chi connectivity index (χ1v) is 12.5. The second kappa shape index (κ2) is 9.16. The van der Waals surface area contributed by atoms with Crippen molar-refractivity contribution in [3.63, 3.8) is 0 Å². The lowest BCUT2D eigenvalue weighted by molar-refractivity contribution is 0.658. The molecule has 0 fully saturated rings. The van der Waals surface area contributed by atoms with E-state index in [9.17, 15) is 0 Å². The summed E-state index contributed by atoms with van der Waals surface area (Å²) in [5.74, 6) is 3.04. The average molecular weight is 467 g/mol. The lowest BCUT2D eigenvalue weighted by Crippen LogP contribution is -2.04. The van der Waals surface area contributed by atoms with Crippen molar-refractivity contribution in [2.75, 3.05) is 0 Å². The van der Waals surface area contributed by atoms with Crippen LogP contribution < -0.4 is 0 Å². The van der Waals surface area contributed by atoms with E-state index in [0.717, 1.165) is 44.6 Å². The van der Waals surface area contributed by atoms with Gasteiger partial charge in [-0.25, -0.2) is 4.98 Å². The van der Waals surface area contributed by atoms with Crippen LogP contribution in [-0.2, 0) is 18.1 Å². The number of hydrogen-bond donors (Lipinski definition) is 0. The van der Waals surface area contributed by atoms with E-state index in [1.165, 1.54) is 4.70 Å². The molecule has 0 radical (unpaired) electrons. The molecule has 3 heterocycles. The maximum absolute atomic E-state index is 4.69. The first-order valence-electron chi connectivity index (χ1n) is 9.67. The fraction of sp³-hybridized carbons (Fsp3) is 0.200. The summed E-state index contributed by atoms with van der Waals surface area (Å²) >= 11 is 4.99. The van der Waals surface area contributed by atoms with E-state index in [1.54, 1.807) is 39.5 Å². The Balaban J connectivity index is 1.28. The van der Waals surface area contributed by atoms with Crippen molar-refractivity contribution < 1.29 is 0 Å². The summed E-state index contributed by atoms with van der Waals surface area (Å²) in [5, 5.41) is 21.8. The minimum Gasteiger partial charge on any atom is -0.306 e. The molecule has 0 bridgehead atoms. The molecule has 0 saturated carbocycles. The molecule has 11 heteroatoms. The summed E-state index contributed by atoms with van der Waals surface area (Å²) in [7, 11) is 0. The molecule has 0 aliphatic heterocycles. The summed E-state index contributed by atoms with van der Waals surface area (Å²) in [6.07, 6.45) is 0. The van der Waals surface area contributed by atoms with Gasteiger partial charge in [-0.15, -0.1) is 26.6 Å². The number of benzene rings is 2. The van der Waals surface area contributed by atoms with Crippen molar-refractivity contribution in [1.29, 1.82) is 0 Å². The maximum Gasteiger partial charge on any atom is 0.191 e. The molecule has 0 unspecified atom stereocenters. The Morgan fingerprint density at radius 3 is 2.52 bits per heavy atom. The molecule has 31 heavy (non-hydrogen) atoms. The minimum absolute atomic E-state index is 0.602. The molecule has 0 spiro atoms. The van der Waals surface area contributed by atoms with Crippen molar-refractivity contribution in [3.05, 3.63) is 66.2 Å².